The van der Waals surface area contributed by atoms with Crippen LogP contribution in [0.2, 0.25) is 0 Å². The van der Waals surface area contributed by atoms with Crippen molar-refractivity contribution in [1.82, 2.24) is 4.31 Å². The van der Waals surface area contributed by atoms with E-state index >= 15 is 0 Å². The first kappa shape index (κ1) is 16.6. The van der Waals surface area contributed by atoms with Crippen LogP contribution in [-0.4, -0.2) is 38.5 Å². The molecule has 0 aromatic heterocycles. The van der Waals surface area contributed by atoms with Gasteiger partial charge in [-0.15, -0.1) is 0 Å². The van der Waals surface area contributed by atoms with Gasteiger partial charge >= 0.3 is 0 Å². The van der Waals surface area contributed by atoms with Crippen molar-refractivity contribution in [3.63, 3.8) is 0 Å². The van der Waals surface area contributed by atoms with E-state index in [1.807, 2.05) is 30.3 Å². The third-order valence-electron chi connectivity index (χ3n) is 5.08. The molecule has 0 unspecified atom stereocenters. The molecule has 2 aromatic carbocycles. The number of nitrogens with two attached hydrogens (primary N) is 1. The van der Waals surface area contributed by atoms with Gasteiger partial charge in [0.2, 0.25) is 10.0 Å². The van der Waals surface area contributed by atoms with Crippen LogP contribution >= 0.6 is 0 Å². The van der Waals surface area contributed by atoms with Gasteiger partial charge in [-0.1, -0.05) is 30.3 Å². The van der Waals surface area contributed by atoms with E-state index in [2.05, 4.69) is 0 Å². The molecule has 2 aromatic rings. The zero-order valence-electron chi connectivity index (χ0n) is 14.0. The molecule has 2 heterocycles. The molecule has 2 aliphatic rings. The lowest BCUT2D eigenvalue weighted by molar-refractivity contribution is 0.288. The molecule has 6 heteroatoms. The van der Waals surface area contributed by atoms with E-state index in [1.54, 1.807) is 18.2 Å². The molecule has 1 saturated heterocycles. The first-order valence-electron chi connectivity index (χ1n) is 8.62. The minimum absolute atomic E-state index is 0.0249. The van der Waals surface area contributed by atoms with Gasteiger partial charge in [-0.25, -0.2) is 8.42 Å². The zero-order chi connectivity index (χ0) is 17.4. The van der Waals surface area contributed by atoms with E-state index in [0.29, 0.717) is 24.6 Å². The molecule has 1 fully saturated rings. The molecule has 0 radical (unpaired) electrons. The molecular weight excluding hydrogens is 336 g/mol. The molecule has 4 rings (SSSR count). The van der Waals surface area contributed by atoms with Gasteiger partial charge in [-0.05, 0) is 42.2 Å². The van der Waals surface area contributed by atoms with Crippen molar-refractivity contribution < 1.29 is 13.2 Å². The van der Waals surface area contributed by atoms with Gasteiger partial charge in [0.15, 0.2) is 0 Å². The number of nitrogens with zero attached hydrogens (tertiary/aromatic N) is 1. The predicted molar refractivity (Wildman–Crippen MR) is 96.2 cm³/mol. The first-order chi connectivity index (χ1) is 12.1. The van der Waals surface area contributed by atoms with Crippen molar-refractivity contribution in [1.29, 1.82) is 0 Å². The summed E-state index contributed by atoms with van der Waals surface area (Å²) >= 11 is 0. The lowest BCUT2D eigenvalue weighted by Crippen LogP contribution is -2.32. The maximum atomic E-state index is 13.1. The minimum atomic E-state index is -3.55. The van der Waals surface area contributed by atoms with Gasteiger partial charge < -0.3 is 10.5 Å². The molecule has 2 N–H and O–H groups in total. The second-order valence-electron chi connectivity index (χ2n) is 6.72. The third-order valence-corrected chi connectivity index (χ3v) is 6.90. The largest absolute Gasteiger partial charge is 0.493 e. The molecule has 0 saturated carbocycles. The maximum Gasteiger partial charge on any atom is 0.243 e. The average molecular weight is 358 g/mol. The highest BCUT2D eigenvalue weighted by molar-refractivity contribution is 7.89. The SMILES string of the molecule is N[C@@H]1CN(S(=O)(=O)c2ccc3c(c2)CCCO3)C[C@H]1c1ccccc1. The van der Waals surface area contributed by atoms with Gasteiger partial charge in [0.05, 0.1) is 11.5 Å². The standard InChI is InChI=1S/C19H22N2O3S/c20-18-13-21(12-17(18)14-5-2-1-3-6-14)25(22,23)16-8-9-19-15(11-16)7-4-10-24-19/h1-3,5-6,8-9,11,17-18H,4,7,10,12-13,20H2/t17-,18+/m0/s1. The quantitative estimate of drug-likeness (QED) is 0.912. The zero-order valence-corrected chi connectivity index (χ0v) is 14.8. The molecule has 2 aliphatic heterocycles. The molecule has 5 nitrogen and oxygen atoms in total. The highest BCUT2D eigenvalue weighted by atomic mass is 32.2. The Balaban J connectivity index is 1.61. The topological polar surface area (TPSA) is 72.6 Å². The number of ether oxygens (including phenoxy) is 1. The van der Waals surface area contributed by atoms with Gasteiger partial charge in [0.25, 0.3) is 0 Å². The Morgan fingerprint density at radius 2 is 1.88 bits per heavy atom. The predicted octanol–water partition coefficient (Wildman–Crippen LogP) is 2.13. The highest BCUT2D eigenvalue weighted by Gasteiger charge is 2.38. The number of rotatable bonds is 3. The monoisotopic (exact) mass is 358 g/mol. The fourth-order valence-corrected chi connectivity index (χ4v) is 5.24. The summed E-state index contributed by atoms with van der Waals surface area (Å²) in [6, 6.07) is 14.9. The fourth-order valence-electron chi connectivity index (χ4n) is 3.69. The van der Waals surface area contributed by atoms with E-state index in [9.17, 15) is 8.42 Å². The fraction of sp³-hybridized carbons (Fsp3) is 0.368. The van der Waals surface area contributed by atoms with Crippen LogP contribution in [0.25, 0.3) is 0 Å². The van der Waals surface area contributed by atoms with Gasteiger partial charge in [-0.2, -0.15) is 4.31 Å². The van der Waals surface area contributed by atoms with E-state index in [0.717, 1.165) is 29.7 Å². The third kappa shape index (κ3) is 3.05. The summed E-state index contributed by atoms with van der Waals surface area (Å²) in [7, 11) is -3.55. The van der Waals surface area contributed by atoms with E-state index < -0.39 is 10.0 Å². The van der Waals surface area contributed by atoms with E-state index in [4.69, 9.17) is 10.5 Å². The second kappa shape index (κ2) is 6.44. The Kier molecular flexibility index (Phi) is 4.27. The Hall–Kier alpha value is -1.89. The van der Waals surface area contributed by atoms with Crippen molar-refractivity contribution in [2.24, 2.45) is 5.73 Å². The molecule has 132 valence electrons. The smallest absolute Gasteiger partial charge is 0.243 e. The summed E-state index contributed by atoms with van der Waals surface area (Å²) in [5, 5.41) is 0. The van der Waals surface area contributed by atoms with Crippen LogP contribution in [0.15, 0.2) is 53.4 Å². The molecule has 0 spiro atoms. The molecular formula is C19H22N2O3S. The number of benzene rings is 2. The Bertz CT molecular complexity index is 867. The van der Waals surface area contributed by atoms with Crippen molar-refractivity contribution in [3.05, 3.63) is 59.7 Å². The number of hydrogen-bond acceptors (Lipinski definition) is 4. The molecule has 25 heavy (non-hydrogen) atoms. The first-order valence-corrected chi connectivity index (χ1v) is 10.1. The summed E-state index contributed by atoms with van der Waals surface area (Å²) in [6.45, 7) is 1.45. The van der Waals surface area contributed by atoms with Crippen LogP contribution in [0, 0.1) is 0 Å². The maximum absolute atomic E-state index is 13.1. The summed E-state index contributed by atoms with van der Waals surface area (Å²) in [5.74, 6) is 0.822. The van der Waals surface area contributed by atoms with E-state index in [1.165, 1.54) is 4.31 Å². The molecule has 2 atom stereocenters. The van der Waals surface area contributed by atoms with Gasteiger partial charge in [-0.3, -0.25) is 0 Å². The summed E-state index contributed by atoms with van der Waals surface area (Å²) in [4.78, 5) is 0.331. The van der Waals surface area contributed by atoms with Crippen LogP contribution in [0.5, 0.6) is 5.75 Å². The molecule has 0 bridgehead atoms. The second-order valence-corrected chi connectivity index (χ2v) is 8.66. The van der Waals surface area contributed by atoms with Crippen LogP contribution in [0.1, 0.15) is 23.5 Å². The van der Waals surface area contributed by atoms with Gasteiger partial charge in [0, 0.05) is 25.0 Å². The summed E-state index contributed by atoms with van der Waals surface area (Å²) < 4.78 is 33.2. The number of aryl methyl sites for hydroxylation is 1. The van der Waals surface area contributed by atoms with Gasteiger partial charge in [0.1, 0.15) is 5.75 Å². The average Bonchev–Trinajstić information content (AvgIpc) is 3.04. The Morgan fingerprint density at radius 3 is 2.68 bits per heavy atom. The van der Waals surface area contributed by atoms with Crippen LogP contribution in [-0.2, 0) is 16.4 Å². The van der Waals surface area contributed by atoms with Crippen molar-refractivity contribution in [2.75, 3.05) is 19.7 Å². The lowest BCUT2D eigenvalue weighted by atomic mass is 9.95. The minimum Gasteiger partial charge on any atom is -0.493 e. The lowest BCUT2D eigenvalue weighted by Gasteiger charge is -2.20. The van der Waals surface area contributed by atoms with Crippen LogP contribution in [0.3, 0.4) is 0 Å². The van der Waals surface area contributed by atoms with Crippen LogP contribution in [0.4, 0.5) is 0 Å². The molecule has 0 aliphatic carbocycles. The highest BCUT2D eigenvalue weighted by Crippen LogP contribution is 2.33. The van der Waals surface area contributed by atoms with Crippen LogP contribution < -0.4 is 10.5 Å². The Labute approximate surface area is 148 Å². The summed E-state index contributed by atoms with van der Waals surface area (Å²) in [6.07, 6.45) is 1.77. The van der Waals surface area contributed by atoms with Crippen molar-refractivity contribution in [3.8, 4) is 5.75 Å². The summed E-state index contributed by atoms with van der Waals surface area (Å²) in [5.41, 5.74) is 8.32. The normalized spacial score (nSPS) is 23.9. The Morgan fingerprint density at radius 1 is 1.08 bits per heavy atom. The number of hydrogen-bond donors (Lipinski definition) is 1. The van der Waals surface area contributed by atoms with E-state index in [-0.39, 0.29) is 12.0 Å². The van der Waals surface area contributed by atoms with Crippen molar-refractivity contribution >= 4 is 10.0 Å². The molecule has 0 amide bonds. The number of fused-ring (bicyclic) bond motifs is 1. The number of sulfonamides is 1. The van der Waals surface area contributed by atoms with Crippen molar-refractivity contribution in [2.45, 2.75) is 29.7 Å².